The number of fused-ring (bicyclic) bond motifs is 1. The van der Waals surface area contributed by atoms with Gasteiger partial charge in [0.25, 0.3) is 0 Å². The fourth-order valence-corrected chi connectivity index (χ4v) is 6.24. The third kappa shape index (κ3) is 7.27. The van der Waals surface area contributed by atoms with E-state index < -0.39 is 5.41 Å². The lowest BCUT2D eigenvalue weighted by Gasteiger charge is -2.38. The van der Waals surface area contributed by atoms with Gasteiger partial charge in [-0.25, -0.2) is 0 Å². The summed E-state index contributed by atoms with van der Waals surface area (Å²) >= 11 is 0. The predicted octanol–water partition coefficient (Wildman–Crippen LogP) is 9.17. The monoisotopic (exact) mass is 528 g/mol. The molecule has 1 saturated heterocycles. The van der Waals surface area contributed by atoms with E-state index in [4.69, 9.17) is 5.41 Å². The number of nitrogens with zero attached hydrogens (tertiary/aromatic N) is 3. The van der Waals surface area contributed by atoms with Gasteiger partial charge in [-0.2, -0.15) is 5.26 Å². The molecule has 1 unspecified atom stereocenters. The molecule has 1 aliphatic carbocycles. The largest absolute Gasteiger partial charge is 0.304 e. The van der Waals surface area contributed by atoms with E-state index in [-0.39, 0.29) is 0 Å². The van der Waals surface area contributed by atoms with E-state index >= 15 is 0 Å². The number of likely N-dealkylation sites (tertiary alicyclic amines) is 1. The van der Waals surface area contributed by atoms with Crippen molar-refractivity contribution in [2.75, 3.05) is 20.1 Å². The maximum absolute atomic E-state index is 9.78. The Balaban J connectivity index is 0.00000127. The Morgan fingerprint density at radius 1 is 1.10 bits per heavy atom. The molecule has 4 nitrogen and oxygen atoms in total. The highest BCUT2D eigenvalue weighted by molar-refractivity contribution is 5.99. The van der Waals surface area contributed by atoms with Crippen LogP contribution >= 0.6 is 0 Å². The van der Waals surface area contributed by atoms with Gasteiger partial charge in [0.2, 0.25) is 0 Å². The van der Waals surface area contributed by atoms with E-state index in [0.717, 1.165) is 19.6 Å². The van der Waals surface area contributed by atoms with Crippen LogP contribution in [0.3, 0.4) is 0 Å². The lowest BCUT2D eigenvalue weighted by molar-refractivity contribution is 0.147. The van der Waals surface area contributed by atoms with Crippen LogP contribution in [0, 0.1) is 22.2 Å². The Hall–Kier alpha value is -2.74. The first-order valence-electron chi connectivity index (χ1n) is 15.2. The van der Waals surface area contributed by atoms with Gasteiger partial charge in [-0.15, -0.1) is 0 Å². The number of hydrogen-bond acceptors (Lipinski definition) is 4. The minimum absolute atomic E-state index is 0.321. The van der Waals surface area contributed by atoms with E-state index in [9.17, 15) is 5.26 Å². The van der Waals surface area contributed by atoms with Crippen molar-refractivity contribution in [1.82, 2.24) is 9.80 Å². The summed E-state index contributed by atoms with van der Waals surface area (Å²) in [5.74, 6) is 0. The van der Waals surface area contributed by atoms with E-state index in [0.29, 0.717) is 30.6 Å². The molecule has 2 fully saturated rings. The van der Waals surface area contributed by atoms with Gasteiger partial charge < -0.3 is 5.41 Å². The van der Waals surface area contributed by atoms with Crippen molar-refractivity contribution in [2.45, 2.75) is 98.2 Å². The van der Waals surface area contributed by atoms with Crippen molar-refractivity contribution in [3.05, 3.63) is 66.3 Å². The molecule has 1 N–H and O–H groups in total. The molecule has 2 aromatic carbocycles. The molecule has 2 aliphatic rings. The molecular formula is C35H52N4. The van der Waals surface area contributed by atoms with E-state index in [1.165, 1.54) is 65.6 Å². The molecule has 39 heavy (non-hydrogen) atoms. The first-order chi connectivity index (χ1) is 18.9. The molecule has 4 rings (SSSR count). The third-order valence-electron chi connectivity index (χ3n) is 8.64. The molecule has 0 spiro atoms. The van der Waals surface area contributed by atoms with E-state index in [2.05, 4.69) is 73.3 Å². The van der Waals surface area contributed by atoms with Gasteiger partial charge in [0, 0.05) is 31.7 Å². The molecule has 0 amide bonds. The number of allylic oxidation sites excluding steroid dienone is 1. The summed E-state index contributed by atoms with van der Waals surface area (Å²) in [6.45, 7) is 20.7. The van der Waals surface area contributed by atoms with Crippen LogP contribution in [0.4, 0.5) is 0 Å². The lowest BCUT2D eigenvalue weighted by Crippen LogP contribution is -2.42. The Bertz CT molecular complexity index is 1130. The Labute approximate surface area is 238 Å². The number of piperidine rings is 1. The molecule has 1 aliphatic heterocycles. The number of nitriles is 1. The van der Waals surface area contributed by atoms with Crippen molar-refractivity contribution in [3.63, 3.8) is 0 Å². The summed E-state index contributed by atoms with van der Waals surface area (Å²) in [5, 5.41) is 20.6. The fourth-order valence-electron chi connectivity index (χ4n) is 6.24. The zero-order chi connectivity index (χ0) is 29.0. The highest BCUT2D eigenvalue weighted by Gasteiger charge is 2.37. The summed E-state index contributed by atoms with van der Waals surface area (Å²) in [6, 6.07) is 14.5. The fraction of sp³-hybridized carbons (Fsp3) is 0.543. The second-order valence-corrected chi connectivity index (χ2v) is 10.5. The zero-order valence-corrected chi connectivity index (χ0v) is 25.5. The summed E-state index contributed by atoms with van der Waals surface area (Å²) in [4.78, 5) is 5.02. The molecule has 1 saturated carbocycles. The number of benzene rings is 2. The molecule has 0 radical (unpaired) electrons. The van der Waals surface area contributed by atoms with Gasteiger partial charge in [0.15, 0.2) is 0 Å². The van der Waals surface area contributed by atoms with Crippen LogP contribution in [0.25, 0.3) is 16.8 Å². The van der Waals surface area contributed by atoms with Crippen molar-refractivity contribution < 1.29 is 0 Å². The van der Waals surface area contributed by atoms with E-state index in [1.54, 1.807) is 0 Å². The Morgan fingerprint density at radius 2 is 1.69 bits per heavy atom. The second-order valence-electron chi connectivity index (χ2n) is 10.5. The minimum atomic E-state index is -0.685. The summed E-state index contributed by atoms with van der Waals surface area (Å²) in [6.07, 6.45) is 11.6. The van der Waals surface area contributed by atoms with Crippen LogP contribution in [0.5, 0.6) is 0 Å². The first-order valence-corrected chi connectivity index (χ1v) is 15.2. The van der Waals surface area contributed by atoms with Crippen molar-refractivity contribution in [1.29, 1.82) is 10.7 Å². The molecule has 1 heterocycles. The summed E-state index contributed by atoms with van der Waals surface area (Å²) in [7, 11) is 2.30. The highest BCUT2D eigenvalue weighted by Crippen LogP contribution is 2.38. The molecule has 1 atom stereocenters. The maximum Gasteiger partial charge on any atom is 0.101 e. The smallest absolute Gasteiger partial charge is 0.101 e. The zero-order valence-electron chi connectivity index (χ0n) is 25.5. The summed E-state index contributed by atoms with van der Waals surface area (Å²) in [5.41, 5.74) is 3.60. The first kappa shape index (κ1) is 32.5. The van der Waals surface area contributed by atoms with Crippen molar-refractivity contribution >= 4 is 22.6 Å². The third-order valence-corrected chi connectivity index (χ3v) is 8.64. The van der Waals surface area contributed by atoms with E-state index in [1.807, 2.05) is 33.8 Å². The molecule has 0 aromatic heterocycles. The van der Waals surface area contributed by atoms with Crippen molar-refractivity contribution in [3.8, 4) is 6.07 Å². The van der Waals surface area contributed by atoms with Gasteiger partial charge in [0.1, 0.15) is 5.41 Å². The highest BCUT2D eigenvalue weighted by atomic mass is 15.2. The predicted molar refractivity (Wildman–Crippen MR) is 170 cm³/mol. The second kappa shape index (κ2) is 15.8. The SMILES string of the molecule is C=CC(=N)C1(C#N)CCN(Cc2cc(C=C)c(C(C)N(C)C3CCCCC3)c3ccccc23)CC1.CC.CC. The lowest BCUT2D eigenvalue weighted by atomic mass is 9.75. The van der Waals surface area contributed by atoms with Crippen molar-refractivity contribution in [2.24, 2.45) is 5.41 Å². The topological polar surface area (TPSA) is 54.1 Å². The number of nitrogens with one attached hydrogen (secondary N) is 1. The van der Waals surface area contributed by atoms with Crippen LogP contribution in [-0.4, -0.2) is 41.7 Å². The average molecular weight is 529 g/mol. The van der Waals surface area contributed by atoms with Gasteiger partial charge in [-0.05, 0) is 79.3 Å². The average Bonchev–Trinajstić information content (AvgIpc) is 3.02. The maximum atomic E-state index is 9.78. The van der Waals surface area contributed by atoms with Crippen LogP contribution < -0.4 is 0 Å². The summed E-state index contributed by atoms with van der Waals surface area (Å²) < 4.78 is 0. The van der Waals surface area contributed by atoms with Crippen LogP contribution in [0.15, 0.2) is 49.6 Å². The van der Waals surface area contributed by atoms with Gasteiger partial charge in [-0.3, -0.25) is 9.80 Å². The minimum Gasteiger partial charge on any atom is -0.304 e. The molecular weight excluding hydrogens is 476 g/mol. The van der Waals surface area contributed by atoms with Gasteiger partial charge >= 0.3 is 0 Å². The quantitative estimate of drug-likeness (QED) is 0.347. The van der Waals surface area contributed by atoms with Gasteiger partial charge in [0.05, 0.1) is 11.8 Å². The van der Waals surface area contributed by atoms with Gasteiger partial charge in [-0.1, -0.05) is 90.5 Å². The number of hydrogen-bond donors (Lipinski definition) is 1. The normalized spacial score (nSPS) is 18.1. The Kier molecular flexibility index (Phi) is 13.1. The molecule has 4 heteroatoms. The Morgan fingerprint density at radius 3 is 2.23 bits per heavy atom. The standard InChI is InChI=1S/C31H40N4.2C2H6/c1-5-24-20-25(21-35-18-16-31(22-32,17-19-35)29(33)6-2)27-14-10-11-15-28(27)30(24)23(3)34(4)26-12-8-7-9-13-26;2*1-2/h5-6,10-11,14-15,20,23,26,33H,1-2,7-9,12-13,16-19,21H2,3-4H3;2*1-2H3. The number of rotatable bonds is 8. The van der Waals surface area contributed by atoms with Crippen LogP contribution in [0.2, 0.25) is 0 Å². The molecule has 212 valence electrons. The van der Waals surface area contributed by atoms with Crippen LogP contribution in [-0.2, 0) is 6.54 Å². The molecule has 2 aromatic rings. The molecule has 0 bridgehead atoms. The van der Waals surface area contributed by atoms with Crippen LogP contribution in [0.1, 0.15) is 102 Å².